The first-order valence-electron chi connectivity index (χ1n) is 6.84. The van der Waals surface area contributed by atoms with E-state index >= 15 is 0 Å². The summed E-state index contributed by atoms with van der Waals surface area (Å²) in [5.74, 6) is 0. The molecule has 0 amide bonds. The molecule has 0 aromatic heterocycles. The lowest BCUT2D eigenvalue weighted by molar-refractivity contribution is 0.221. The molecule has 13 nitrogen and oxygen atoms in total. The minimum Gasteiger partial charge on any atom is -0.322 e. The highest BCUT2D eigenvalue weighted by Crippen LogP contribution is 2.69. The molecule has 7 N–H and O–H groups in total. The number of hydrogen-bond donors (Lipinski definition) is 7. The van der Waals surface area contributed by atoms with E-state index in [4.69, 9.17) is 28.6 Å². The van der Waals surface area contributed by atoms with Gasteiger partial charge in [0.2, 0.25) is 0 Å². The second-order valence-corrected chi connectivity index (χ2v) is 12.7. The third-order valence-electron chi connectivity index (χ3n) is 2.91. The molecular formula is C8H20NO12P4+. The molecule has 0 saturated carbocycles. The van der Waals surface area contributed by atoms with Gasteiger partial charge in [0, 0.05) is 0 Å². The number of hydrogen-bond acceptors (Lipinski definition) is 9. The third kappa shape index (κ3) is 7.16. The highest BCUT2D eigenvalue weighted by molar-refractivity contribution is 8.01. The monoisotopic (exact) mass is 446 g/mol. The van der Waals surface area contributed by atoms with Gasteiger partial charge < -0.3 is 28.6 Å². The molecule has 1 rings (SSSR count). The van der Waals surface area contributed by atoms with Crippen molar-refractivity contribution in [3.8, 4) is 0 Å². The van der Waals surface area contributed by atoms with Crippen LogP contribution in [0.25, 0.3) is 0 Å². The molecule has 1 heterocycles. The van der Waals surface area contributed by atoms with E-state index in [-0.39, 0.29) is 13.2 Å². The van der Waals surface area contributed by atoms with Crippen molar-refractivity contribution in [1.82, 2.24) is 0 Å². The van der Waals surface area contributed by atoms with Crippen molar-refractivity contribution in [2.45, 2.75) is 31.2 Å². The SMILES string of the molecule is O=P1(C(=NC(P(=O)(O)O)P(=O)(O)O)[P+](O)(O)O)OCCCCCCO1. The van der Waals surface area contributed by atoms with Gasteiger partial charge in [-0.3, -0.25) is 9.13 Å². The second kappa shape index (κ2) is 8.63. The fourth-order valence-corrected chi connectivity index (χ4v) is 7.54. The summed E-state index contributed by atoms with van der Waals surface area (Å²) in [5, 5.41) is -1.61. The summed E-state index contributed by atoms with van der Waals surface area (Å²) in [4.78, 5) is 67.5. The second-order valence-electron chi connectivity index (χ2n) is 5.10. The zero-order valence-electron chi connectivity index (χ0n) is 12.7. The van der Waals surface area contributed by atoms with Gasteiger partial charge in [-0.2, -0.15) is 14.7 Å². The maximum atomic E-state index is 12.8. The Kier molecular flexibility index (Phi) is 8.10. The lowest BCUT2D eigenvalue weighted by Gasteiger charge is -2.21. The lowest BCUT2D eigenvalue weighted by atomic mass is 10.2. The standard InChI is InChI=1S/C8H19NO12P4/c10-22(11,12)7(23(13,14)15)9-8(24(16,17)18)25(19)20-5-3-1-2-4-6-21-25/h7,16-18H,1-6H2,(H3-,10,11,12,13,14,15)/p+1. The molecule has 148 valence electrons. The molecular weight excluding hydrogens is 426 g/mol. The molecule has 1 fully saturated rings. The van der Waals surface area contributed by atoms with Crippen LogP contribution in [-0.2, 0) is 22.7 Å². The van der Waals surface area contributed by atoms with Crippen molar-refractivity contribution in [3.63, 3.8) is 0 Å². The Labute approximate surface area is 143 Å². The molecule has 0 aromatic rings. The minimum absolute atomic E-state index is 0.229. The van der Waals surface area contributed by atoms with Gasteiger partial charge in [-0.25, -0.2) is 9.56 Å². The van der Waals surface area contributed by atoms with E-state index < -0.39 is 41.4 Å². The van der Waals surface area contributed by atoms with Gasteiger partial charge in [-0.15, -0.1) is 0 Å². The van der Waals surface area contributed by atoms with Gasteiger partial charge in [0.1, 0.15) is 0 Å². The van der Waals surface area contributed by atoms with Crippen LogP contribution in [0, 0.1) is 0 Å². The maximum Gasteiger partial charge on any atom is 0.469 e. The van der Waals surface area contributed by atoms with Crippen molar-refractivity contribution >= 4 is 35.9 Å². The summed E-state index contributed by atoms with van der Waals surface area (Å²) in [7, 11) is -21.4. The molecule has 0 spiro atoms. The van der Waals surface area contributed by atoms with Crippen molar-refractivity contribution in [3.05, 3.63) is 0 Å². The summed E-state index contributed by atoms with van der Waals surface area (Å²) < 4.78 is 45.2. The first-order valence-corrected chi connectivity index (χ1v) is 13.4. The first kappa shape index (κ1) is 23.5. The van der Waals surface area contributed by atoms with E-state index in [9.17, 15) is 28.4 Å². The quantitative estimate of drug-likeness (QED) is 0.227. The van der Waals surface area contributed by atoms with Crippen molar-refractivity contribution < 1.29 is 57.0 Å². The molecule has 0 atom stereocenters. The fourth-order valence-electron chi connectivity index (χ4n) is 1.84. The predicted octanol–water partition coefficient (Wildman–Crippen LogP) is 0.521. The van der Waals surface area contributed by atoms with Gasteiger partial charge in [0.05, 0.1) is 13.2 Å². The van der Waals surface area contributed by atoms with E-state index in [1.165, 1.54) is 0 Å². The lowest BCUT2D eigenvalue weighted by Crippen LogP contribution is -2.16. The Bertz CT molecular complexity index is 596. The highest BCUT2D eigenvalue weighted by Gasteiger charge is 2.58. The van der Waals surface area contributed by atoms with Gasteiger partial charge in [0.15, 0.2) is 0 Å². The molecule has 1 aliphatic rings. The summed E-state index contributed by atoms with van der Waals surface area (Å²) in [6.07, 6.45) is 2.10. The summed E-state index contributed by atoms with van der Waals surface area (Å²) in [6.45, 7) is -0.459. The summed E-state index contributed by atoms with van der Waals surface area (Å²) in [5.41, 5.74) is -3.11. The van der Waals surface area contributed by atoms with Gasteiger partial charge in [-0.1, -0.05) is 12.8 Å². The Hall–Kier alpha value is 0.430. The van der Waals surface area contributed by atoms with Crippen molar-refractivity contribution in [2.24, 2.45) is 4.99 Å². The fraction of sp³-hybridized carbons (Fsp3) is 0.875. The van der Waals surface area contributed by atoms with Crippen LogP contribution >= 0.6 is 30.7 Å². The van der Waals surface area contributed by atoms with Gasteiger partial charge in [-0.05, 0) is 12.8 Å². The largest absolute Gasteiger partial charge is 0.469 e. The number of nitrogens with zero attached hydrogens (tertiary/aromatic N) is 1. The Morgan fingerprint density at radius 1 is 0.920 bits per heavy atom. The average molecular weight is 446 g/mol. The topological polar surface area (TPSA) is 224 Å². The normalized spacial score (nSPS) is 21.5. The Morgan fingerprint density at radius 2 is 1.32 bits per heavy atom. The molecule has 1 saturated heterocycles. The van der Waals surface area contributed by atoms with Crippen molar-refractivity contribution in [2.75, 3.05) is 13.2 Å². The van der Waals surface area contributed by atoms with Crippen LogP contribution in [0.5, 0.6) is 0 Å². The van der Waals surface area contributed by atoms with Gasteiger partial charge in [0.25, 0.3) is 5.52 Å². The molecule has 0 bridgehead atoms. The number of rotatable bonds is 5. The van der Waals surface area contributed by atoms with Crippen LogP contribution in [0.15, 0.2) is 4.99 Å². The molecule has 17 heteroatoms. The third-order valence-corrected chi connectivity index (χ3v) is 9.99. The van der Waals surface area contributed by atoms with Crippen LogP contribution in [0.2, 0.25) is 0 Å². The van der Waals surface area contributed by atoms with Crippen LogP contribution < -0.4 is 0 Å². The molecule has 25 heavy (non-hydrogen) atoms. The van der Waals surface area contributed by atoms with E-state index in [1.807, 2.05) is 0 Å². The smallest absolute Gasteiger partial charge is 0.322 e. The number of aliphatic imine (C=N–C) groups is 1. The van der Waals surface area contributed by atoms with Crippen LogP contribution in [0.1, 0.15) is 25.7 Å². The Morgan fingerprint density at radius 3 is 1.64 bits per heavy atom. The van der Waals surface area contributed by atoms with Crippen LogP contribution in [0.3, 0.4) is 0 Å². The molecule has 0 unspecified atom stereocenters. The zero-order valence-corrected chi connectivity index (χ0v) is 16.3. The minimum atomic E-state index is -5.63. The van der Waals surface area contributed by atoms with Gasteiger partial charge >= 0.3 is 35.9 Å². The van der Waals surface area contributed by atoms with Crippen LogP contribution in [0.4, 0.5) is 0 Å². The van der Waals surface area contributed by atoms with E-state index in [0.29, 0.717) is 25.7 Å². The first-order chi connectivity index (χ1) is 11.2. The van der Waals surface area contributed by atoms with E-state index in [1.54, 1.807) is 0 Å². The average Bonchev–Trinajstić information content (AvgIpc) is 2.47. The van der Waals surface area contributed by atoms with Crippen LogP contribution in [-0.4, -0.2) is 58.2 Å². The molecule has 0 aromatic carbocycles. The summed E-state index contributed by atoms with van der Waals surface area (Å²) >= 11 is 0. The highest BCUT2D eigenvalue weighted by atomic mass is 31.3. The van der Waals surface area contributed by atoms with E-state index in [0.717, 1.165) is 0 Å². The Balaban J connectivity index is 3.47. The molecule has 1 aliphatic heterocycles. The summed E-state index contributed by atoms with van der Waals surface area (Å²) in [6, 6.07) is 0. The maximum absolute atomic E-state index is 12.8. The molecule has 0 radical (unpaired) electrons. The molecule has 0 aliphatic carbocycles. The van der Waals surface area contributed by atoms with E-state index in [2.05, 4.69) is 4.99 Å². The zero-order chi connectivity index (χ0) is 19.5. The van der Waals surface area contributed by atoms with Crippen molar-refractivity contribution in [1.29, 1.82) is 0 Å². The predicted molar refractivity (Wildman–Crippen MR) is 86.9 cm³/mol.